The molecule has 0 bridgehead atoms. The lowest BCUT2D eigenvalue weighted by Gasteiger charge is -2.26. The van der Waals surface area contributed by atoms with Crippen molar-refractivity contribution in [3.8, 4) is 5.75 Å². The van der Waals surface area contributed by atoms with E-state index in [0.717, 1.165) is 13.1 Å². The van der Waals surface area contributed by atoms with Gasteiger partial charge in [-0.1, -0.05) is 0 Å². The number of carbonyl (C=O) groups is 1. The maximum atomic E-state index is 11.6. The van der Waals surface area contributed by atoms with E-state index in [4.69, 9.17) is 4.74 Å². The topological polar surface area (TPSA) is 67.3 Å². The van der Waals surface area contributed by atoms with Gasteiger partial charge >= 0.3 is 6.09 Å². The second-order valence-corrected chi connectivity index (χ2v) is 3.18. The third-order valence-corrected chi connectivity index (χ3v) is 2.14. The largest absolute Gasteiger partial charge is 0.415 e. The predicted molar refractivity (Wildman–Crippen MR) is 52.5 cm³/mol. The van der Waals surface area contributed by atoms with Gasteiger partial charge in [0.1, 0.15) is 0 Å². The monoisotopic (exact) mass is 208 g/mol. The van der Waals surface area contributed by atoms with Crippen LogP contribution in [0.3, 0.4) is 0 Å². The molecule has 1 aromatic rings. The summed E-state index contributed by atoms with van der Waals surface area (Å²) in [6.07, 6.45) is 2.57. The fourth-order valence-electron chi connectivity index (χ4n) is 1.35. The van der Waals surface area contributed by atoms with Gasteiger partial charge < -0.3 is 15.0 Å². The number of aromatic nitrogens is 2. The number of piperazine rings is 1. The normalized spacial score (nSPS) is 16.1. The van der Waals surface area contributed by atoms with E-state index < -0.39 is 0 Å². The van der Waals surface area contributed by atoms with Gasteiger partial charge in [-0.25, -0.2) is 4.79 Å². The fourth-order valence-corrected chi connectivity index (χ4v) is 1.35. The van der Waals surface area contributed by atoms with Crippen LogP contribution in [0.5, 0.6) is 5.75 Å². The molecule has 0 aromatic carbocycles. The van der Waals surface area contributed by atoms with Crippen LogP contribution in [0, 0.1) is 0 Å². The first kappa shape index (κ1) is 9.85. The number of hydrogen-bond donors (Lipinski definition) is 1. The molecule has 1 aliphatic rings. The average Bonchev–Trinajstić information content (AvgIpc) is 2.31. The van der Waals surface area contributed by atoms with Crippen molar-refractivity contribution < 1.29 is 9.53 Å². The van der Waals surface area contributed by atoms with Crippen molar-refractivity contribution in [2.45, 2.75) is 0 Å². The van der Waals surface area contributed by atoms with E-state index in [9.17, 15) is 4.79 Å². The minimum atomic E-state index is -0.329. The van der Waals surface area contributed by atoms with Crippen LogP contribution in [0.15, 0.2) is 18.5 Å². The van der Waals surface area contributed by atoms with E-state index in [1.165, 1.54) is 12.4 Å². The van der Waals surface area contributed by atoms with Crippen LogP contribution in [0.25, 0.3) is 0 Å². The highest BCUT2D eigenvalue weighted by atomic mass is 16.6. The first-order valence-electron chi connectivity index (χ1n) is 4.80. The zero-order chi connectivity index (χ0) is 10.5. The molecular weight excluding hydrogens is 196 g/mol. The minimum absolute atomic E-state index is 0.329. The summed E-state index contributed by atoms with van der Waals surface area (Å²) in [5.41, 5.74) is 0. The Hall–Kier alpha value is -1.69. The van der Waals surface area contributed by atoms with Gasteiger partial charge in [-0.3, -0.25) is 0 Å². The quantitative estimate of drug-likeness (QED) is 0.697. The molecule has 6 heteroatoms. The maximum Gasteiger partial charge on any atom is 0.415 e. The van der Waals surface area contributed by atoms with Crippen molar-refractivity contribution in [3.05, 3.63) is 18.5 Å². The molecule has 15 heavy (non-hydrogen) atoms. The summed E-state index contributed by atoms with van der Waals surface area (Å²) >= 11 is 0. The SMILES string of the molecule is O=C(Oc1ccnnc1)N1CCNCC1. The number of amides is 1. The van der Waals surface area contributed by atoms with Crippen LogP contribution in [-0.4, -0.2) is 47.4 Å². The van der Waals surface area contributed by atoms with E-state index in [2.05, 4.69) is 15.5 Å². The standard InChI is InChI=1S/C9H12N4O2/c14-9(13-5-3-10-4-6-13)15-8-1-2-11-12-7-8/h1-2,7,10H,3-6H2. The molecule has 0 aliphatic carbocycles. The minimum Gasteiger partial charge on any atom is -0.408 e. The van der Waals surface area contributed by atoms with Crippen molar-refractivity contribution in [2.24, 2.45) is 0 Å². The van der Waals surface area contributed by atoms with Gasteiger partial charge in [-0.05, 0) is 0 Å². The molecule has 1 amide bonds. The van der Waals surface area contributed by atoms with E-state index in [1.807, 2.05) is 0 Å². The lowest BCUT2D eigenvalue weighted by Crippen LogP contribution is -2.47. The lowest BCUT2D eigenvalue weighted by molar-refractivity contribution is 0.145. The molecule has 0 saturated carbocycles. The van der Waals surface area contributed by atoms with Gasteiger partial charge in [0.25, 0.3) is 0 Å². The van der Waals surface area contributed by atoms with Gasteiger partial charge in [0.05, 0.1) is 12.4 Å². The van der Waals surface area contributed by atoms with Crippen molar-refractivity contribution in [1.82, 2.24) is 20.4 Å². The Morgan fingerprint density at radius 1 is 1.40 bits per heavy atom. The maximum absolute atomic E-state index is 11.6. The highest BCUT2D eigenvalue weighted by Gasteiger charge is 2.17. The molecule has 0 radical (unpaired) electrons. The molecule has 0 unspecified atom stereocenters. The summed E-state index contributed by atoms with van der Waals surface area (Å²) in [6.45, 7) is 2.97. The summed E-state index contributed by atoms with van der Waals surface area (Å²) in [5, 5.41) is 10.4. The van der Waals surface area contributed by atoms with Crippen molar-refractivity contribution in [3.63, 3.8) is 0 Å². The van der Waals surface area contributed by atoms with E-state index >= 15 is 0 Å². The molecule has 2 heterocycles. The Bertz CT molecular complexity index is 324. The van der Waals surface area contributed by atoms with Gasteiger partial charge in [0, 0.05) is 32.2 Å². The fraction of sp³-hybridized carbons (Fsp3) is 0.444. The second-order valence-electron chi connectivity index (χ2n) is 3.18. The number of carbonyl (C=O) groups excluding carboxylic acids is 1. The summed E-state index contributed by atoms with van der Waals surface area (Å²) in [4.78, 5) is 13.3. The molecule has 0 atom stereocenters. The average molecular weight is 208 g/mol. The smallest absolute Gasteiger partial charge is 0.408 e. The Balaban J connectivity index is 1.91. The van der Waals surface area contributed by atoms with E-state index in [0.29, 0.717) is 18.8 Å². The Morgan fingerprint density at radius 3 is 2.87 bits per heavy atom. The van der Waals surface area contributed by atoms with Crippen LogP contribution >= 0.6 is 0 Å². The zero-order valence-corrected chi connectivity index (χ0v) is 8.22. The third-order valence-electron chi connectivity index (χ3n) is 2.14. The van der Waals surface area contributed by atoms with Crippen LogP contribution in [0.4, 0.5) is 4.79 Å². The Kier molecular flexibility index (Phi) is 3.08. The number of nitrogens with zero attached hydrogens (tertiary/aromatic N) is 3. The predicted octanol–water partition coefficient (Wildman–Crippen LogP) is -0.119. The van der Waals surface area contributed by atoms with Crippen LogP contribution in [0.2, 0.25) is 0 Å². The summed E-state index contributed by atoms with van der Waals surface area (Å²) < 4.78 is 5.11. The number of ether oxygens (including phenoxy) is 1. The number of hydrogen-bond acceptors (Lipinski definition) is 5. The summed E-state index contributed by atoms with van der Waals surface area (Å²) in [6, 6.07) is 1.60. The van der Waals surface area contributed by atoms with E-state index in [1.54, 1.807) is 11.0 Å². The lowest BCUT2D eigenvalue weighted by atomic mass is 10.4. The molecule has 0 spiro atoms. The zero-order valence-electron chi connectivity index (χ0n) is 8.22. The molecule has 80 valence electrons. The molecular formula is C9H12N4O2. The highest BCUT2D eigenvalue weighted by Crippen LogP contribution is 2.07. The molecule has 1 N–H and O–H groups in total. The number of rotatable bonds is 1. The van der Waals surface area contributed by atoms with Crippen molar-refractivity contribution in [2.75, 3.05) is 26.2 Å². The molecule has 1 saturated heterocycles. The molecule has 2 rings (SSSR count). The van der Waals surface area contributed by atoms with Crippen molar-refractivity contribution >= 4 is 6.09 Å². The van der Waals surface area contributed by atoms with Crippen LogP contribution in [-0.2, 0) is 0 Å². The summed E-state index contributed by atoms with van der Waals surface area (Å²) in [5.74, 6) is 0.425. The van der Waals surface area contributed by atoms with Gasteiger partial charge in [0.2, 0.25) is 0 Å². The molecule has 1 aliphatic heterocycles. The third kappa shape index (κ3) is 2.63. The Morgan fingerprint density at radius 2 is 2.20 bits per heavy atom. The second kappa shape index (κ2) is 4.70. The molecule has 1 aromatic heterocycles. The van der Waals surface area contributed by atoms with Gasteiger partial charge in [-0.15, -0.1) is 0 Å². The molecule has 6 nitrogen and oxygen atoms in total. The van der Waals surface area contributed by atoms with Crippen LogP contribution < -0.4 is 10.1 Å². The van der Waals surface area contributed by atoms with Crippen molar-refractivity contribution in [1.29, 1.82) is 0 Å². The van der Waals surface area contributed by atoms with Crippen LogP contribution in [0.1, 0.15) is 0 Å². The summed E-state index contributed by atoms with van der Waals surface area (Å²) in [7, 11) is 0. The van der Waals surface area contributed by atoms with E-state index in [-0.39, 0.29) is 6.09 Å². The first-order chi connectivity index (χ1) is 7.36. The highest BCUT2D eigenvalue weighted by molar-refractivity contribution is 5.70. The van der Waals surface area contributed by atoms with Gasteiger partial charge in [-0.2, -0.15) is 10.2 Å². The molecule has 1 fully saturated rings. The van der Waals surface area contributed by atoms with Gasteiger partial charge in [0.15, 0.2) is 5.75 Å². The number of nitrogens with one attached hydrogen (secondary N) is 1. The Labute approximate surface area is 87.2 Å². The first-order valence-corrected chi connectivity index (χ1v) is 4.80.